The highest BCUT2D eigenvalue weighted by atomic mass is 16.5. The molecule has 2 aromatic rings. The molecule has 1 amide bonds. The summed E-state index contributed by atoms with van der Waals surface area (Å²) in [7, 11) is 0. The van der Waals surface area contributed by atoms with Crippen molar-refractivity contribution in [3.63, 3.8) is 0 Å². The molecule has 1 aromatic heterocycles. The van der Waals surface area contributed by atoms with Gasteiger partial charge in [0, 0.05) is 36.8 Å². The SMILES string of the molecule is N[C@@H](Cc1c[nH]c2ccccc12)C(=O)N1CCCCCCO[C@H]([C@H](O)CO)[C@H](O)[C@H](O)C1. The average Bonchev–Trinajstić information content (AvgIpc) is 3.20. The fourth-order valence-corrected chi connectivity index (χ4v) is 4.22. The van der Waals surface area contributed by atoms with Crippen molar-refractivity contribution in [2.75, 3.05) is 26.3 Å². The number of rotatable bonds is 5. The molecule has 0 spiro atoms. The quantitative estimate of drug-likeness (QED) is 0.373. The number of hydrogen-bond donors (Lipinski definition) is 6. The first-order valence-corrected chi connectivity index (χ1v) is 11.3. The number of benzene rings is 1. The fourth-order valence-electron chi connectivity index (χ4n) is 4.22. The number of amides is 1. The second-order valence-electron chi connectivity index (χ2n) is 8.51. The Kier molecular flexibility index (Phi) is 9.03. The highest BCUT2D eigenvalue weighted by Gasteiger charge is 2.35. The Bertz CT molecular complexity index is 859. The Morgan fingerprint density at radius 1 is 1.22 bits per heavy atom. The van der Waals surface area contributed by atoms with Crippen LogP contribution in [0.3, 0.4) is 0 Å². The lowest BCUT2D eigenvalue weighted by atomic mass is 10.0. The van der Waals surface area contributed by atoms with Gasteiger partial charge in [-0.15, -0.1) is 0 Å². The lowest BCUT2D eigenvalue weighted by Gasteiger charge is -2.34. The molecule has 1 aromatic carbocycles. The third-order valence-corrected chi connectivity index (χ3v) is 6.08. The average molecular weight is 450 g/mol. The Hall–Kier alpha value is -2.01. The molecule has 5 atom stereocenters. The van der Waals surface area contributed by atoms with Crippen molar-refractivity contribution in [2.24, 2.45) is 5.73 Å². The summed E-state index contributed by atoms with van der Waals surface area (Å²) in [6.07, 6.45) is 0.0879. The van der Waals surface area contributed by atoms with Crippen LogP contribution in [0.4, 0.5) is 0 Å². The van der Waals surface area contributed by atoms with Crippen molar-refractivity contribution in [3.05, 3.63) is 36.0 Å². The molecule has 1 aliphatic rings. The molecule has 32 heavy (non-hydrogen) atoms. The normalized spacial score (nSPS) is 25.7. The van der Waals surface area contributed by atoms with Gasteiger partial charge in [-0.2, -0.15) is 0 Å². The van der Waals surface area contributed by atoms with E-state index in [1.165, 1.54) is 4.90 Å². The molecule has 0 aliphatic carbocycles. The van der Waals surface area contributed by atoms with Crippen LogP contribution in [0, 0.1) is 0 Å². The van der Waals surface area contributed by atoms with E-state index in [-0.39, 0.29) is 12.5 Å². The molecular formula is C23H35N3O6. The number of nitrogens with zero attached hydrogens (tertiary/aromatic N) is 1. The minimum absolute atomic E-state index is 0.139. The fraction of sp³-hybridized carbons (Fsp3) is 0.609. The second-order valence-corrected chi connectivity index (χ2v) is 8.51. The molecule has 1 aliphatic heterocycles. The van der Waals surface area contributed by atoms with E-state index in [2.05, 4.69) is 4.98 Å². The van der Waals surface area contributed by atoms with E-state index in [1.807, 2.05) is 30.5 Å². The summed E-state index contributed by atoms with van der Waals surface area (Å²) >= 11 is 0. The van der Waals surface area contributed by atoms with Crippen LogP contribution in [0.1, 0.15) is 31.2 Å². The van der Waals surface area contributed by atoms with Crippen molar-refractivity contribution in [1.29, 1.82) is 0 Å². The van der Waals surface area contributed by atoms with Gasteiger partial charge in [-0.1, -0.05) is 31.0 Å². The van der Waals surface area contributed by atoms with Crippen LogP contribution < -0.4 is 5.73 Å². The zero-order chi connectivity index (χ0) is 23.1. The number of fused-ring (bicyclic) bond motifs is 1. The first-order chi connectivity index (χ1) is 15.4. The zero-order valence-corrected chi connectivity index (χ0v) is 18.3. The van der Waals surface area contributed by atoms with Crippen molar-refractivity contribution in [3.8, 4) is 0 Å². The molecule has 9 heteroatoms. The third-order valence-electron chi connectivity index (χ3n) is 6.08. The topological polar surface area (TPSA) is 152 Å². The summed E-state index contributed by atoms with van der Waals surface area (Å²) in [6, 6.07) is 6.99. The van der Waals surface area contributed by atoms with Gasteiger partial charge in [0.25, 0.3) is 0 Å². The molecule has 0 bridgehead atoms. The van der Waals surface area contributed by atoms with Crippen molar-refractivity contribution >= 4 is 16.8 Å². The molecule has 7 N–H and O–H groups in total. The number of para-hydroxylation sites is 1. The molecule has 9 nitrogen and oxygen atoms in total. The maximum absolute atomic E-state index is 13.2. The smallest absolute Gasteiger partial charge is 0.239 e. The number of carbonyl (C=O) groups is 1. The number of aromatic amines is 1. The van der Waals surface area contributed by atoms with Gasteiger partial charge in [0.15, 0.2) is 0 Å². The van der Waals surface area contributed by atoms with Gasteiger partial charge in [-0.05, 0) is 30.9 Å². The van der Waals surface area contributed by atoms with Crippen LogP contribution in [0.2, 0.25) is 0 Å². The standard InChI is InChI=1S/C23H35N3O6/c24-17(11-15-12-25-18-8-4-3-7-16(15)18)23(31)26-9-5-1-2-6-10-32-22(20(29)14-27)21(30)19(28)13-26/h3-4,7-8,12,17,19-22,25,27-30H,1-2,5-6,9-11,13-14,24H2/t17-,19+,20+,21+,22+/m0/s1. The Morgan fingerprint density at radius 3 is 2.75 bits per heavy atom. The highest BCUT2D eigenvalue weighted by molar-refractivity contribution is 5.86. The van der Waals surface area contributed by atoms with Gasteiger partial charge in [0.1, 0.15) is 24.4 Å². The van der Waals surface area contributed by atoms with Gasteiger partial charge in [-0.25, -0.2) is 0 Å². The number of aromatic nitrogens is 1. The minimum atomic E-state index is -1.46. The minimum Gasteiger partial charge on any atom is -0.394 e. The molecule has 1 fully saturated rings. The number of ether oxygens (including phenoxy) is 1. The number of aliphatic hydroxyl groups is 4. The van der Waals surface area contributed by atoms with E-state index in [0.29, 0.717) is 26.0 Å². The summed E-state index contributed by atoms with van der Waals surface area (Å²) < 4.78 is 5.55. The van der Waals surface area contributed by atoms with Crippen molar-refractivity contribution in [2.45, 2.75) is 62.6 Å². The van der Waals surface area contributed by atoms with Crippen LogP contribution in [0.25, 0.3) is 10.9 Å². The van der Waals surface area contributed by atoms with Crippen molar-refractivity contribution < 1.29 is 30.0 Å². The monoisotopic (exact) mass is 449 g/mol. The highest BCUT2D eigenvalue weighted by Crippen LogP contribution is 2.20. The number of hydrogen-bond acceptors (Lipinski definition) is 7. The predicted molar refractivity (Wildman–Crippen MR) is 120 cm³/mol. The number of carbonyl (C=O) groups excluding carboxylic acids is 1. The first-order valence-electron chi connectivity index (χ1n) is 11.3. The number of nitrogens with two attached hydrogens (primary N) is 1. The van der Waals surface area contributed by atoms with E-state index in [9.17, 15) is 25.2 Å². The predicted octanol–water partition coefficient (Wildman–Crippen LogP) is -0.0995. The molecule has 0 radical (unpaired) electrons. The largest absolute Gasteiger partial charge is 0.394 e. The van der Waals surface area contributed by atoms with E-state index < -0.39 is 37.1 Å². The zero-order valence-electron chi connectivity index (χ0n) is 18.3. The summed E-state index contributed by atoms with van der Waals surface area (Å²) in [4.78, 5) is 17.8. The molecular weight excluding hydrogens is 414 g/mol. The third kappa shape index (κ3) is 6.06. The second kappa shape index (κ2) is 11.7. The lowest BCUT2D eigenvalue weighted by molar-refractivity contribution is -0.152. The van der Waals surface area contributed by atoms with Gasteiger partial charge in [-0.3, -0.25) is 4.79 Å². The van der Waals surface area contributed by atoms with Crippen molar-refractivity contribution in [1.82, 2.24) is 9.88 Å². The summed E-state index contributed by atoms with van der Waals surface area (Å²) in [5.74, 6) is -0.307. The van der Waals surface area contributed by atoms with Crippen LogP contribution in [-0.2, 0) is 16.0 Å². The summed E-state index contributed by atoms with van der Waals surface area (Å²) in [5, 5.41) is 41.5. The number of H-pyrrole nitrogens is 1. The van der Waals surface area contributed by atoms with Crippen LogP contribution in [-0.4, -0.2) is 93.0 Å². The molecule has 3 rings (SSSR count). The maximum atomic E-state index is 13.2. The van der Waals surface area contributed by atoms with E-state index in [4.69, 9.17) is 10.5 Å². The molecule has 178 valence electrons. The molecule has 2 heterocycles. The molecule has 0 unspecified atom stereocenters. The van der Waals surface area contributed by atoms with Crippen LogP contribution in [0.5, 0.6) is 0 Å². The van der Waals surface area contributed by atoms with E-state index >= 15 is 0 Å². The summed E-state index contributed by atoms with van der Waals surface area (Å²) in [5.41, 5.74) is 8.19. The number of aliphatic hydroxyl groups excluding tert-OH is 4. The van der Waals surface area contributed by atoms with E-state index in [0.717, 1.165) is 35.7 Å². The van der Waals surface area contributed by atoms with Crippen LogP contribution in [0.15, 0.2) is 30.5 Å². The van der Waals surface area contributed by atoms with Gasteiger partial charge < -0.3 is 40.8 Å². The van der Waals surface area contributed by atoms with Gasteiger partial charge in [0.2, 0.25) is 5.91 Å². The van der Waals surface area contributed by atoms with Crippen LogP contribution >= 0.6 is 0 Å². The Morgan fingerprint density at radius 2 is 1.97 bits per heavy atom. The van der Waals surface area contributed by atoms with E-state index in [1.54, 1.807) is 0 Å². The maximum Gasteiger partial charge on any atom is 0.239 e. The number of β-amino-alcohol motifs (C(OH)–C–C–N with tert-alkyl or cyclic N) is 1. The Balaban J connectivity index is 1.72. The van der Waals surface area contributed by atoms with Gasteiger partial charge >= 0.3 is 0 Å². The first kappa shape index (κ1) is 24.6. The lowest BCUT2D eigenvalue weighted by Crippen LogP contribution is -2.54. The van der Waals surface area contributed by atoms with Gasteiger partial charge in [0.05, 0.1) is 12.6 Å². The number of nitrogens with one attached hydrogen (secondary N) is 1. The molecule has 1 saturated heterocycles. The Labute approximate surface area is 187 Å². The molecule has 0 saturated carbocycles. The summed E-state index contributed by atoms with van der Waals surface area (Å²) in [6.45, 7) is -0.0197.